The van der Waals surface area contributed by atoms with Crippen molar-refractivity contribution in [2.75, 3.05) is 0 Å². The molecule has 0 radical (unpaired) electrons. The largest absolute Gasteiger partial charge is 0.393 e. The Bertz CT molecular complexity index is 1470. The van der Waals surface area contributed by atoms with Gasteiger partial charge in [-0.1, -0.05) is 108 Å². The molecule has 9 fully saturated rings. The van der Waals surface area contributed by atoms with Gasteiger partial charge in [0.05, 0.1) is 24.4 Å². The third kappa shape index (κ3) is 7.31. The van der Waals surface area contributed by atoms with Crippen LogP contribution in [0.1, 0.15) is 210 Å². The number of fused-ring (bicyclic) bond motifs is 9. The Labute approximate surface area is 362 Å². The van der Waals surface area contributed by atoms with E-state index in [0.717, 1.165) is 78.9 Å². The molecule has 0 bridgehead atoms. The quantitative estimate of drug-likeness (QED) is 0.192. The van der Waals surface area contributed by atoms with Crippen LogP contribution in [0.15, 0.2) is 0 Å². The minimum Gasteiger partial charge on any atom is -0.393 e. The van der Waals surface area contributed by atoms with Crippen LogP contribution < -0.4 is 0 Å². The second-order valence-corrected chi connectivity index (χ2v) is 25.8. The molecule has 1 spiro atoms. The molecule has 1 saturated heterocycles. The summed E-state index contributed by atoms with van der Waals surface area (Å²) in [5.74, 6) is 9.11. The van der Waals surface area contributed by atoms with Gasteiger partial charge in [0, 0.05) is 23.7 Å². The van der Waals surface area contributed by atoms with E-state index in [9.17, 15) is 15.3 Å². The molecular formula is C54H93FO4. The van der Waals surface area contributed by atoms with Gasteiger partial charge in [-0.2, -0.15) is 0 Å². The standard InChI is InChI=1S/C27H47FO2.C27H46O2/c1-17(2)7-6-8-18(3)21-9-10-22-20-15-24(30)27(28)16-19(29)11-14-26(27,5)23(20)12-13-25(21,22)4;1-17(2)7-6-8-18(3)21-9-10-22-20-15-24-27(29-24)16-19(28)11-14-26(27,5)23(20)12-13-25(21,22)4/h17-24,29-30H,6-16H2,1-5H3;17-24,28H,6-16H2,1-5H3/t18-,19+,20+,21-,22+,23+,24-,25-,26-,27?;18-,19+,20+,21-,22+,23+,24-,25-,26-,27-/m11/s1/i28-1;. The van der Waals surface area contributed by atoms with E-state index in [1.54, 1.807) is 0 Å². The predicted octanol–water partition coefficient (Wildman–Crippen LogP) is 13.1. The van der Waals surface area contributed by atoms with Crippen molar-refractivity contribution in [1.29, 1.82) is 0 Å². The van der Waals surface area contributed by atoms with Crippen LogP contribution in [0.5, 0.6) is 0 Å². The molecule has 8 aliphatic carbocycles. The SMILES string of the molecule is CC(C)CCC[C@@H](C)[C@H]1CC[C@H]2[C@@H]3C[C@@H](O)C4([18F])C[C@@H](O)CC[C@]4(C)[C@H]3CC[C@]12C.CC(C)CCC[C@@H](C)[C@H]1CC[C@H]2[C@@H]3C[C@H]4O[C@]45C[C@@H](O)CC[C@]5(C)[C@H]3CC[C@]12C. The summed E-state index contributed by atoms with van der Waals surface area (Å²) < 4.78 is 22.8. The molecule has 1 unspecified atom stereocenters. The normalized spacial score (nSPS) is 53.1. The van der Waals surface area contributed by atoms with Gasteiger partial charge in [-0.3, -0.25) is 0 Å². The van der Waals surface area contributed by atoms with Gasteiger partial charge >= 0.3 is 0 Å². The molecule has 1 heterocycles. The Kier molecular flexibility index (Phi) is 12.6. The van der Waals surface area contributed by atoms with Crippen molar-refractivity contribution >= 4 is 0 Å². The maximum atomic E-state index is 16.3. The van der Waals surface area contributed by atoms with Crippen molar-refractivity contribution < 1.29 is 24.4 Å². The predicted molar refractivity (Wildman–Crippen MR) is 239 cm³/mol. The average Bonchev–Trinajstić information content (AvgIpc) is 3.55. The summed E-state index contributed by atoms with van der Waals surface area (Å²) in [6.07, 6.45) is 24.3. The lowest BCUT2D eigenvalue weighted by atomic mass is 9.42. The van der Waals surface area contributed by atoms with E-state index in [1.807, 2.05) is 0 Å². The van der Waals surface area contributed by atoms with E-state index in [1.165, 1.54) is 96.3 Å². The number of rotatable bonds is 10. The van der Waals surface area contributed by atoms with Crippen LogP contribution in [-0.4, -0.2) is 51.0 Å². The highest BCUT2D eigenvalue weighted by Crippen LogP contribution is 2.75. The molecule has 340 valence electrons. The minimum atomic E-state index is -1.61. The van der Waals surface area contributed by atoms with Crippen LogP contribution in [0.2, 0.25) is 0 Å². The van der Waals surface area contributed by atoms with Crippen LogP contribution in [-0.2, 0) is 4.74 Å². The molecule has 0 aromatic heterocycles. The van der Waals surface area contributed by atoms with E-state index in [-0.39, 0.29) is 18.1 Å². The lowest BCUT2D eigenvalue weighted by Gasteiger charge is -2.64. The monoisotopic (exact) mass is 824 g/mol. The molecule has 5 heteroatoms. The van der Waals surface area contributed by atoms with Crippen molar-refractivity contribution in [3.63, 3.8) is 0 Å². The minimum absolute atomic E-state index is 0.0434. The number of hydrogen-bond acceptors (Lipinski definition) is 4. The molecule has 0 aromatic rings. The molecule has 8 saturated carbocycles. The number of aliphatic hydroxyl groups excluding tert-OH is 3. The first-order valence-corrected chi connectivity index (χ1v) is 26.1. The number of ether oxygens (including phenoxy) is 1. The van der Waals surface area contributed by atoms with Gasteiger partial charge in [0.1, 0.15) is 11.3 Å². The summed E-state index contributed by atoms with van der Waals surface area (Å²) in [5, 5.41) is 31.6. The smallest absolute Gasteiger partial charge is 0.144 e. The molecular weight excluding hydrogens is 731 g/mol. The Hall–Kier alpha value is -0.230. The number of alkyl halides is 1. The fourth-order valence-corrected chi connectivity index (χ4v) is 18.9. The summed E-state index contributed by atoms with van der Waals surface area (Å²) in [4.78, 5) is 0. The summed E-state index contributed by atoms with van der Waals surface area (Å²) >= 11 is 0. The van der Waals surface area contributed by atoms with E-state index in [2.05, 4.69) is 69.2 Å². The van der Waals surface area contributed by atoms with Gasteiger partial charge in [-0.25, -0.2) is 4.39 Å². The fourth-order valence-electron chi connectivity index (χ4n) is 18.9. The first-order valence-electron chi connectivity index (χ1n) is 26.1. The maximum Gasteiger partial charge on any atom is 0.144 e. The lowest BCUT2D eigenvalue weighted by molar-refractivity contribution is -0.232. The van der Waals surface area contributed by atoms with Crippen LogP contribution in [0.3, 0.4) is 0 Å². The van der Waals surface area contributed by atoms with Crippen molar-refractivity contribution in [1.82, 2.24) is 0 Å². The first-order chi connectivity index (χ1) is 27.7. The highest BCUT2D eigenvalue weighted by molar-refractivity contribution is 5.24. The number of aliphatic hydroxyl groups is 3. The van der Waals surface area contributed by atoms with Gasteiger partial charge in [-0.05, 0) is 172 Å². The van der Waals surface area contributed by atoms with E-state index in [0.29, 0.717) is 52.9 Å². The van der Waals surface area contributed by atoms with E-state index in [4.69, 9.17) is 4.74 Å². The van der Waals surface area contributed by atoms with Gasteiger partial charge in [0.15, 0.2) is 0 Å². The number of epoxide rings is 1. The maximum absolute atomic E-state index is 16.3. The van der Waals surface area contributed by atoms with Gasteiger partial charge in [0.2, 0.25) is 0 Å². The average molecular weight is 824 g/mol. The lowest BCUT2D eigenvalue weighted by Crippen LogP contribution is -2.66. The third-order valence-electron chi connectivity index (χ3n) is 22.2. The van der Waals surface area contributed by atoms with Crippen LogP contribution in [0.4, 0.5) is 4.39 Å². The summed E-state index contributed by atoms with van der Waals surface area (Å²) in [7, 11) is 0. The molecule has 59 heavy (non-hydrogen) atoms. The molecule has 4 nitrogen and oxygen atoms in total. The van der Waals surface area contributed by atoms with Crippen LogP contribution >= 0.6 is 0 Å². The summed E-state index contributed by atoms with van der Waals surface area (Å²) in [6, 6.07) is 0. The fraction of sp³-hybridized carbons (Fsp3) is 1.00. The molecule has 1 aliphatic heterocycles. The highest BCUT2D eigenvalue weighted by Gasteiger charge is 2.76. The molecule has 0 aromatic carbocycles. The molecule has 20 atom stereocenters. The Balaban J connectivity index is 0.000000164. The van der Waals surface area contributed by atoms with Crippen molar-refractivity contribution in [2.24, 2.45) is 92.7 Å². The van der Waals surface area contributed by atoms with Gasteiger partial charge in [-0.15, -0.1) is 0 Å². The topological polar surface area (TPSA) is 73.2 Å². The zero-order valence-electron chi connectivity index (χ0n) is 39.9. The Morgan fingerprint density at radius 2 is 1.02 bits per heavy atom. The van der Waals surface area contributed by atoms with Crippen molar-refractivity contribution in [3.8, 4) is 0 Å². The summed E-state index contributed by atoms with van der Waals surface area (Å²) in [5.41, 5.74) is -0.792. The molecule has 3 N–H and O–H groups in total. The zero-order chi connectivity index (χ0) is 42.5. The van der Waals surface area contributed by atoms with E-state index >= 15 is 4.39 Å². The number of halogens is 1. The molecule has 9 aliphatic rings. The van der Waals surface area contributed by atoms with Crippen LogP contribution in [0.25, 0.3) is 0 Å². The third-order valence-corrected chi connectivity index (χ3v) is 22.2. The summed E-state index contributed by atoms with van der Waals surface area (Å²) in [6.45, 7) is 24.3. The van der Waals surface area contributed by atoms with Crippen molar-refractivity contribution in [2.45, 2.75) is 246 Å². The zero-order valence-corrected chi connectivity index (χ0v) is 39.9. The highest BCUT2D eigenvalue weighted by atomic mass is 18.2. The second kappa shape index (κ2) is 16.3. The Morgan fingerprint density at radius 3 is 1.54 bits per heavy atom. The molecule has 0 amide bonds. The van der Waals surface area contributed by atoms with Gasteiger partial charge < -0.3 is 20.1 Å². The second-order valence-electron chi connectivity index (χ2n) is 25.8. The first kappa shape index (κ1) is 45.3. The van der Waals surface area contributed by atoms with Gasteiger partial charge in [0.25, 0.3) is 0 Å². The van der Waals surface area contributed by atoms with Crippen LogP contribution in [0, 0.1) is 92.7 Å². The molecule has 9 rings (SSSR count). The van der Waals surface area contributed by atoms with E-state index < -0.39 is 23.3 Å². The Morgan fingerprint density at radius 1 is 0.542 bits per heavy atom. The number of hydrogen-bond donors (Lipinski definition) is 3. The van der Waals surface area contributed by atoms with Crippen molar-refractivity contribution in [3.05, 3.63) is 0 Å².